The summed E-state index contributed by atoms with van der Waals surface area (Å²) in [6.45, 7) is 8.92. The van der Waals surface area contributed by atoms with Gasteiger partial charge in [0.15, 0.2) is 0 Å². The van der Waals surface area contributed by atoms with E-state index in [2.05, 4.69) is 10.2 Å². The number of hydrogen-bond donors (Lipinski definition) is 2. The molecule has 1 aliphatic heterocycles. The number of nitrogens with one attached hydrogen (secondary N) is 1. The molecule has 1 heterocycles. The number of carboxylic acids is 1. The monoisotopic (exact) mass is 286 g/mol. The Kier molecular flexibility index (Phi) is 6.92. The van der Waals surface area contributed by atoms with E-state index in [1.165, 1.54) is 0 Å². The van der Waals surface area contributed by atoms with Gasteiger partial charge in [-0.05, 0) is 46.1 Å². The molecular weight excluding hydrogens is 256 g/mol. The SMILES string of the molecule is CCC(CCCN1CCC(OC)C1)(NC(C)C)C(=O)O. The van der Waals surface area contributed by atoms with Crippen molar-refractivity contribution in [2.45, 2.75) is 64.1 Å². The van der Waals surface area contributed by atoms with Crippen molar-refractivity contribution < 1.29 is 14.6 Å². The van der Waals surface area contributed by atoms with Crippen molar-refractivity contribution in [1.29, 1.82) is 0 Å². The van der Waals surface area contributed by atoms with Crippen LogP contribution in [0.5, 0.6) is 0 Å². The lowest BCUT2D eigenvalue weighted by atomic mass is 9.89. The molecule has 0 radical (unpaired) electrons. The lowest BCUT2D eigenvalue weighted by Gasteiger charge is -2.32. The average Bonchev–Trinajstić information content (AvgIpc) is 2.84. The standard InChI is InChI=1S/C15H30N2O3/c1-5-15(14(18)19,16-12(2)3)8-6-9-17-10-7-13(11-17)20-4/h12-13,16H,5-11H2,1-4H3,(H,18,19). The van der Waals surface area contributed by atoms with Gasteiger partial charge in [0.2, 0.25) is 0 Å². The highest BCUT2D eigenvalue weighted by Gasteiger charge is 2.36. The summed E-state index contributed by atoms with van der Waals surface area (Å²) in [5.74, 6) is -0.732. The number of likely N-dealkylation sites (tertiary alicyclic amines) is 1. The highest BCUT2D eigenvalue weighted by molar-refractivity contribution is 5.78. The second-order valence-corrected chi connectivity index (χ2v) is 6.09. The highest BCUT2D eigenvalue weighted by atomic mass is 16.5. The minimum absolute atomic E-state index is 0.177. The summed E-state index contributed by atoms with van der Waals surface area (Å²) in [7, 11) is 1.76. The summed E-state index contributed by atoms with van der Waals surface area (Å²) in [6.07, 6.45) is 3.61. The van der Waals surface area contributed by atoms with E-state index >= 15 is 0 Å². The maximum absolute atomic E-state index is 11.6. The number of carboxylic acid groups (broad SMARTS) is 1. The van der Waals surface area contributed by atoms with Crippen LogP contribution in [-0.4, -0.2) is 60.4 Å². The summed E-state index contributed by atoms with van der Waals surface area (Å²) in [6, 6.07) is 0.177. The molecule has 0 aromatic carbocycles. The predicted octanol–water partition coefficient (Wildman–Crippen LogP) is 1.72. The molecule has 2 N–H and O–H groups in total. The Hall–Kier alpha value is -0.650. The van der Waals surface area contributed by atoms with Gasteiger partial charge in [-0.3, -0.25) is 10.1 Å². The smallest absolute Gasteiger partial charge is 0.323 e. The minimum atomic E-state index is -0.783. The molecule has 2 unspecified atom stereocenters. The van der Waals surface area contributed by atoms with E-state index in [9.17, 15) is 9.90 Å². The minimum Gasteiger partial charge on any atom is -0.480 e. The molecule has 1 fully saturated rings. The molecule has 0 aromatic heterocycles. The van der Waals surface area contributed by atoms with Crippen LogP contribution < -0.4 is 5.32 Å². The summed E-state index contributed by atoms with van der Waals surface area (Å²) in [5.41, 5.74) is -0.783. The third-order valence-electron chi connectivity index (χ3n) is 4.22. The largest absolute Gasteiger partial charge is 0.480 e. The predicted molar refractivity (Wildman–Crippen MR) is 80.0 cm³/mol. The number of carbonyl (C=O) groups is 1. The molecule has 0 amide bonds. The zero-order valence-electron chi connectivity index (χ0n) is 13.3. The lowest BCUT2D eigenvalue weighted by molar-refractivity contribution is -0.145. The van der Waals surface area contributed by atoms with Crippen LogP contribution in [0.4, 0.5) is 0 Å². The van der Waals surface area contributed by atoms with Gasteiger partial charge in [-0.25, -0.2) is 0 Å². The third-order valence-corrected chi connectivity index (χ3v) is 4.22. The first-order valence-electron chi connectivity index (χ1n) is 7.69. The van der Waals surface area contributed by atoms with E-state index < -0.39 is 11.5 Å². The van der Waals surface area contributed by atoms with Gasteiger partial charge >= 0.3 is 5.97 Å². The first-order chi connectivity index (χ1) is 9.43. The zero-order valence-corrected chi connectivity index (χ0v) is 13.3. The van der Waals surface area contributed by atoms with Crippen molar-refractivity contribution in [1.82, 2.24) is 10.2 Å². The third kappa shape index (κ3) is 4.72. The molecule has 1 saturated heterocycles. The van der Waals surface area contributed by atoms with Gasteiger partial charge in [0.05, 0.1) is 6.10 Å². The van der Waals surface area contributed by atoms with Gasteiger partial charge in [0.1, 0.15) is 5.54 Å². The number of methoxy groups -OCH3 is 1. The Balaban J connectivity index is 2.44. The van der Waals surface area contributed by atoms with Crippen LogP contribution in [0.1, 0.15) is 46.5 Å². The first-order valence-corrected chi connectivity index (χ1v) is 7.69. The fourth-order valence-electron chi connectivity index (χ4n) is 3.02. The topological polar surface area (TPSA) is 61.8 Å². The Morgan fingerprint density at radius 1 is 1.55 bits per heavy atom. The highest BCUT2D eigenvalue weighted by Crippen LogP contribution is 2.21. The number of aliphatic carboxylic acids is 1. The normalized spacial score (nSPS) is 23.1. The van der Waals surface area contributed by atoms with Crippen LogP contribution in [0, 0.1) is 0 Å². The molecule has 0 aliphatic carbocycles. The molecule has 0 spiro atoms. The van der Waals surface area contributed by atoms with Gasteiger partial charge in [-0.1, -0.05) is 6.92 Å². The molecule has 0 saturated carbocycles. The van der Waals surface area contributed by atoms with Crippen LogP contribution in [0.15, 0.2) is 0 Å². The lowest BCUT2D eigenvalue weighted by Crippen LogP contribution is -2.54. The number of ether oxygens (including phenoxy) is 1. The molecular formula is C15H30N2O3. The molecule has 20 heavy (non-hydrogen) atoms. The van der Waals surface area contributed by atoms with Crippen LogP contribution in [0.3, 0.4) is 0 Å². The van der Waals surface area contributed by atoms with Gasteiger partial charge in [-0.15, -0.1) is 0 Å². The van der Waals surface area contributed by atoms with E-state index in [1.807, 2.05) is 20.8 Å². The average molecular weight is 286 g/mol. The number of hydrogen-bond acceptors (Lipinski definition) is 4. The second kappa shape index (κ2) is 7.96. The van der Waals surface area contributed by atoms with Gasteiger partial charge in [0.25, 0.3) is 0 Å². The summed E-state index contributed by atoms with van der Waals surface area (Å²) >= 11 is 0. The molecule has 1 rings (SSSR count). The van der Waals surface area contributed by atoms with Crippen molar-refractivity contribution in [2.75, 3.05) is 26.7 Å². The summed E-state index contributed by atoms with van der Waals surface area (Å²) < 4.78 is 5.35. The van der Waals surface area contributed by atoms with Crippen molar-refractivity contribution in [2.24, 2.45) is 0 Å². The maximum Gasteiger partial charge on any atom is 0.323 e. The fraction of sp³-hybridized carbons (Fsp3) is 0.933. The van der Waals surface area contributed by atoms with E-state index in [0.717, 1.165) is 32.5 Å². The van der Waals surface area contributed by atoms with Gasteiger partial charge in [0, 0.05) is 26.2 Å². The van der Waals surface area contributed by atoms with E-state index in [4.69, 9.17) is 4.74 Å². The van der Waals surface area contributed by atoms with Crippen molar-refractivity contribution >= 4 is 5.97 Å². The first kappa shape index (κ1) is 17.4. The van der Waals surface area contributed by atoms with Crippen molar-refractivity contribution in [3.05, 3.63) is 0 Å². The molecule has 2 atom stereocenters. The van der Waals surface area contributed by atoms with Gasteiger partial charge < -0.3 is 14.7 Å². The second-order valence-electron chi connectivity index (χ2n) is 6.09. The molecule has 0 bridgehead atoms. The Labute approximate surface area is 122 Å². The van der Waals surface area contributed by atoms with Crippen LogP contribution in [-0.2, 0) is 9.53 Å². The Bertz CT molecular complexity index is 309. The van der Waals surface area contributed by atoms with Crippen molar-refractivity contribution in [3.63, 3.8) is 0 Å². The number of nitrogens with zero attached hydrogens (tertiary/aromatic N) is 1. The molecule has 118 valence electrons. The summed E-state index contributed by atoms with van der Waals surface area (Å²) in [5, 5.41) is 12.8. The Morgan fingerprint density at radius 3 is 2.70 bits per heavy atom. The van der Waals surface area contributed by atoms with Crippen LogP contribution >= 0.6 is 0 Å². The molecule has 1 aliphatic rings. The van der Waals surface area contributed by atoms with Crippen LogP contribution in [0.2, 0.25) is 0 Å². The van der Waals surface area contributed by atoms with E-state index in [-0.39, 0.29) is 6.04 Å². The van der Waals surface area contributed by atoms with Gasteiger partial charge in [-0.2, -0.15) is 0 Å². The molecule has 5 heteroatoms. The van der Waals surface area contributed by atoms with E-state index in [1.54, 1.807) is 7.11 Å². The molecule has 5 nitrogen and oxygen atoms in total. The fourth-order valence-corrected chi connectivity index (χ4v) is 3.02. The zero-order chi connectivity index (χ0) is 15.2. The Morgan fingerprint density at radius 2 is 2.25 bits per heavy atom. The van der Waals surface area contributed by atoms with Crippen LogP contribution in [0.25, 0.3) is 0 Å². The number of rotatable bonds is 9. The quantitative estimate of drug-likeness (QED) is 0.676. The molecule has 0 aromatic rings. The summed E-state index contributed by atoms with van der Waals surface area (Å²) in [4.78, 5) is 14.0. The maximum atomic E-state index is 11.6. The van der Waals surface area contributed by atoms with E-state index in [0.29, 0.717) is 18.9 Å². The van der Waals surface area contributed by atoms with Crippen molar-refractivity contribution in [3.8, 4) is 0 Å².